The van der Waals surface area contributed by atoms with Crippen molar-refractivity contribution >= 4 is 29.0 Å². The molecular weight excluding hydrogens is 376 g/mol. The Labute approximate surface area is 168 Å². The van der Waals surface area contributed by atoms with Crippen LogP contribution >= 0.6 is 11.6 Å². The highest BCUT2D eigenvalue weighted by Gasteiger charge is 2.13. The first kappa shape index (κ1) is 19.6. The van der Waals surface area contributed by atoms with Crippen LogP contribution in [-0.4, -0.2) is 29.5 Å². The van der Waals surface area contributed by atoms with E-state index in [2.05, 4.69) is 20.6 Å². The second-order valence-electron chi connectivity index (χ2n) is 6.14. The van der Waals surface area contributed by atoms with E-state index < -0.39 is 0 Å². The predicted molar refractivity (Wildman–Crippen MR) is 111 cm³/mol. The van der Waals surface area contributed by atoms with Crippen LogP contribution in [0, 0.1) is 6.92 Å². The zero-order chi connectivity index (χ0) is 19.9. The average Bonchev–Trinajstić information content (AvgIpc) is 2.69. The van der Waals surface area contributed by atoms with Crippen molar-refractivity contribution in [2.45, 2.75) is 13.3 Å². The van der Waals surface area contributed by atoms with Crippen LogP contribution in [0.4, 0.5) is 11.5 Å². The van der Waals surface area contributed by atoms with E-state index in [1.807, 2.05) is 36.4 Å². The summed E-state index contributed by atoms with van der Waals surface area (Å²) in [5.74, 6) is 1.38. The Hall–Kier alpha value is -3.12. The third kappa shape index (κ3) is 5.20. The lowest BCUT2D eigenvalue weighted by molar-refractivity contribution is 0.102. The van der Waals surface area contributed by atoms with Gasteiger partial charge in [-0.05, 0) is 43.2 Å². The number of halogens is 1. The number of nitrogens with one attached hydrogen (secondary N) is 2. The van der Waals surface area contributed by atoms with Gasteiger partial charge in [-0.1, -0.05) is 35.9 Å². The van der Waals surface area contributed by atoms with Gasteiger partial charge in [0.2, 0.25) is 0 Å². The zero-order valence-electron chi connectivity index (χ0n) is 15.7. The molecule has 3 aromatic rings. The molecule has 0 saturated carbocycles. The number of hydrogen-bond donors (Lipinski definition) is 2. The van der Waals surface area contributed by atoms with E-state index in [1.165, 1.54) is 0 Å². The Kier molecular flexibility index (Phi) is 6.45. The van der Waals surface area contributed by atoms with Crippen molar-refractivity contribution in [2.24, 2.45) is 0 Å². The summed E-state index contributed by atoms with van der Waals surface area (Å²) >= 11 is 5.90. The molecule has 6 nitrogen and oxygen atoms in total. The lowest BCUT2D eigenvalue weighted by Crippen LogP contribution is -2.16. The molecule has 1 aromatic heterocycles. The van der Waals surface area contributed by atoms with Gasteiger partial charge in [0.15, 0.2) is 0 Å². The van der Waals surface area contributed by atoms with E-state index in [9.17, 15) is 4.79 Å². The van der Waals surface area contributed by atoms with Crippen LogP contribution in [0.5, 0.6) is 5.75 Å². The zero-order valence-corrected chi connectivity index (χ0v) is 16.5. The number of hydrogen-bond acceptors (Lipinski definition) is 5. The summed E-state index contributed by atoms with van der Waals surface area (Å²) in [4.78, 5) is 21.2. The van der Waals surface area contributed by atoms with Crippen molar-refractivity contribution in [3.8, 4) is 5.75 Å². The second kappa shape index (κ2) is 9.19. The van der Waals surface area contributed by atoms with Crippen molar-refractivity contribution in [1.82, 2.24) is 9.97 Å². The minimum Gasteiger partial charge on any atom is -0.495 e. The first-order valence-electron chi connectivity index (χ1n) is 8.83. The van der Waals surface area contributed by atoms with Crippen molar-refractivity contribution in [3.63, 3.8) is 0 Å². The number of benzene rings is 2. The normalized spacial score (nSPS) is 10.4. The maximum atomic E-state index is 12.6. The van der Waals surface area contributed by atoms with Crippen LogP contribution in [0.3, 0.4) is 0 Å². The Morgan fingerprint density at radius 3 is 2.61 bits per heavy atom. The molecular formula is C21H21ClN4O2. The van der Waals surface area contributed by atoms with Gasteiger partial charge in [0.25, 0.3) is 5.91 Å². The van der Waals surface area contributed by atoms with Crippen molar-refractivity contribution in [2.75, 3.05) is 24.3 Å². The SMILES string of the molecule is COc1ccccc1NC(=O)c1cc(NCCc2ccc(Cl)cc2)nc(C)n1. The molecule has 7 heteroatoms. The van der Waals surface area contributed by atoms with E-state index in [4.69, 9.17) is 16.3 Å². The summed E-state index contributed by atoms with van der Waals surface area (Å²) < 4.78 is 5.26. The fourth-order valence-electron chi connectivity index (χ4n) is 2.69. The van der Waals surface area contributed by atoms with Crippen LogP contribution in [-0.2, 0) is 6.42 Å². The van der Waals surface area contributed by atoms with Gasteiger partial charge in [-0.2, -0.15) is 0 Å². The van der Waals surface area contributed by atoms with Crippen LogP contribution in [0.2, 0.25) is 5.02 Å². The van der Waals surface area contributed by atoms with Crippen LogP contribution < -0.4 is 15.4 Å². The highest BCUT2D eigenvalue weighted by molar-refractivity contribution is 6.30. The smallest absolute Gasteiger partial charge is 0.274 e. The number of anilines is 2. The second-order valence-corrected chi connectivity index (χ2v) is 6.58. The molecule has 0 atom stereocenters. The number of aromatic nitrogens is 2. The Bertz CT molecular complexity index is 961. The molecule has 0 aliphatic carbocycles. The third-order valence-electron chi connectivity index (χ3n) is 4.06. The highest BCUT2D eigenvalue weighted by atomic mass is 35.5. The van der Waals surface area contributed by atoms with Crippen molar-refractivity contribution in [1.29, 1.82) is 0 Å². The summed E-state index contributed by atoms with van der Waals surface area (Å²) in [7, 11) is 1.56. The lowest BCUT2D eigenvalue weighted by atomic mass is 10.1. The average molecular weight is 397 g/mol. The van der Waals surface area contributed by atoms with Gasteiger partial charge in [-0.15, -0.1) is 0 Å². The molecule has 0 fully saturated rings. The van der Waals surface area contributed by atoms with Gasteiger partial charge in [0.1, 0.15) is 23.1 Å². The fraction of sp³-hybridized carbons (Fsp3) is 0.190. The van der Waals surface area contributed by atoms with E-state index in [1.54, 1.807) is 32.2 Å². The van der Waals surface area contributed by atoms with E-state index in [0.29, 0.717) is 34.6 Å². The van der Waals surface area contributed by atoms with Gasteiger partial charge in [0, 0.05) is 17.6 Å². The molecule has 28 heavy (non-hydrogen) atoms. The first-order chi connectivity index (χ1) is 13.5. The number of methoxy groups -OCH3 is 1. The molecule has 0 saturated heterocycles. The standard InChI is InChI=1S/C21H21ClN4O2/c1-14-24-18(21(27)26-17-5-3-4-6-19(17)28-2)13-20(25-14)23-12-11-15-7-9-16(22)10-8-15/h3-10,13H,11-12H2,1-2H3,(H,26,27)(H,23,24,25). The monoisotopic (exact) mass is 396 g/mol. The number of nitrogens with zero attached hydrogens (tertiary/aromatic N) is 2. The molecule has 0 bridgehead atoms. The largest absolute Gasteiger partial charge is 0.495 e. The number of aryl methyl sites for hydroxylation is 1. The summed E-state index contributed by atoms with van der Waals surface area (Å²) in [6.07, 6.45) is 0.808. The molecule has 2 aromatic carbocycles. The Balaban J connectivity index is 1.66. The van der Waals surface area contributed by atoms with Gasteiger partial charge >= 0.3 is 0 Å². The minimum absolute atomic E-state index is 0.285. The minimum atomic E-state index is -0.323. The molecule has 3 rings (SSSR count). The molecule has 144 valence electrons. The van der Waals surface area contributed by atoms with Crippen LogP contribution in [0.15, 0.2) is 54.6 Å². The van der Waals surface area contributed by atoms with E-state index >= 15 is 0 Å². The van der Waals surface area contributed by atoms with E-state index in [0.717, 1.165) is 12.0 Å². The number of amides is 1. The van der Waals surface area contributed by atoms with Gasteiger partial charge in [-0.25, -0.2) is 9.97 Å². The summed E-state index contributed by atoms with van der Waals surface area (Å²) in [6.45, 7) is 2.43. The quantitative estimate of drug-likeness (QED) is 0.620. The Morgan fingerprint density at radius 1 is 1.11 bits per heavy atom. The molecule has 1 amide bonds. The maximum absolute atomic E-state index is 12.6. The van der Waals surface area contributed by atoms with Crippen LogP contribution in [0.1, 0.15) is 21.9 Å². The number of carbonyl (C=O) groups excluding carboxylic acids is 1. The molecule has 0 aliphatic rings. The molecule has 0 radical (unpaired) electrons. The Morgan fingerprint density at radius 2 is 1.86 bits per heavy atom. The highest BCUT2D eigenvalue weighted by Crippen LogP contribution is 2.23. The van der Waals surface area contributed by atoms with Crippen molar-refractivity contribution in [3.05, 3.63) is 76.7 Å². The fourth-order valence-corrected chi connectivity index (χ4v) is 2.82. The number of rotatable bonds is 7. The van der Waals surface area contributed by atoms with Crippen molar-refractivity contribution < 1.29 is 9.53 Å². The maximum Gasteiger partial charge on any atom is 0.274 e. The van der Waals surface area contributed by atoms with Gasteiger partial charge in [-0.3, -0.25) is 4.79 Å². The van der Waals surface area contributed by atoms with Gasteiger partial charge in [0.05, 0.1) is 12.8 Å². The molecule has 1 heterocycles. The lowest BCUT2D eigenvalue weighted by Gasteiger charge is -2.11. The third-order valence-corrected chi connectivity index (χ3v) is 4.31. The molecule has 0 spiro atoms. The summed E-state index contributed by atoms with van der Waals surface area (Å²) in [5.41, 5.74) is 2.03. The van der Waals surface area contributed by atoms with E-state index in [-0.39, 0.29) is 11.6 Å². The predicted octanol–water partition coefficient (Wildman–Crippen LogP) is 4.35. The number of para-hydroxylation sites is 2. The molecule has 0 unspecified atom stereocenters. The number of ether oxygens (including phenoxy) is 1. The first-order valence-corrected chi connectivity index (χ1v) is 9.21. The molecule has 2 N–H and O–H groups in total. The van der Waals surface area contributed by atoms with Crippen LogP contribution in [0.25, 0.3) is 0 Å². The summed E-state index contributed by atoms with van der Waals surface area (Å²) in [5, 5.41) is 6.78. The van der Waals surface area contributed by atoms with Gasteiger partial charge < -0.3 is 15.4 Å². The number of carbonyl (C=O) groups is 1. The molecule has 0 aliphatic heterocycles. The topological polar surface area (TPSA) is 76.1 Å². The summed E-state index contributed by atoms with van der Waals surface area (Å²) in [6, 6.07) is 16.6.